The van der Waals surface area contributed by atoms with Crippen LogP contribution in [-0.2, 0) is 7.05 Å². The lowest BCUT2D eigenvalue weighted by molar-refractivity contribution is 0.764. The van der Waals surface area contributed by atoms with Crippen LogP contribution in [0.25, 0.3) is 0 Å². The first-order chi connectivity index (χ1) is 8.70. The largest absolute Gasteiger partial charge is 0.354 e. The molecule has 2 aromatic rings. The van der Waals surface area contributed by atoms with Crippen LogP contribution in [0.2, 0.25) is 0 Å². The summed E-state index contributed by atoms with van der Waals surface area (Å²) in [6, 6.07) is 1.87. The third-order valence-electron chi connectivity index (χ3n) is 2.41. The average molecular weight is 264 g/mol. The Morgan fingerprint density at radius 3 is 2.89 bits per heavy atom. The molecule has 0 saturated heterocycles. The molecule has 2 aromatic heterocycles. The van der Waals surface area contributed by atoms with E-state index in [-0.39, 0.29) is 0 Å². The molecule has 2 heterocycles. The Labute approximate surface area is 110 Å². The molecule has 0 atom stereocenters. The second-order valence-corrected chi connectivity index (χ2v) is 4.82. The van der Waals surface area contributed by atoms with Gasteiger partial charge in [0.15, 0.2) is 5.16 Å². The quantitative estimate of drug-likeness (QED) is 0.832. The zero-order valence-electron chi connectivity index (χ0n) is 10.7. The Morgan fingerprint density at radius 1 is 1.39 bits per heavy atom. The molecule has 0 aliphatic rings. The molecule has 0 saturated carbocycles. The first kappa shape index (κ1) is 12.8. The van der Waals surface area contributed by atoms with Gasteiger partial charge >= 0.3 is 0 Å². The van der Waals surface area contributed by atoms with Gasteiger partial charge in [-0.25, -0.2) is 9.97 Å². The summed E-state index contributed by atoms with van der Waals surface area (Å²) in [6.07, 6.45) is 2.79. The van der Waals surface area contributed by atoms with E-state index in [4.69, 9.17) is 0 Å². The first-order valence-electron chi connectivity index (χ1n) is 5.81. The number of nitrogens with zero attached hydrogens (tertiary/aromatic N) is 5. The summed E-state index contributed by atoms with van der Waals surface area (Å²) in [5.41, 5.74) is 0. The first-order valence-corrected chi connectivity index (χ1v) is 6.63. The van der Waals surface area contributed by atoms with E-state index in [1.807, 2.05) is 24.6 Å². The molecule has 96 valence electrons. The van der Waals surface area contributed by atoms with Crippen molar-refractivity contribution in [1.29, 1.82) is 0 Å². The molecule has 6 nitrogen and oxygen atoms in total. The third-order valence-corrected chi connectivity index (χ3v) is 3.39. The maximum Gasteiger partial charge on any atom is 0.223 e. The number of hydrogen-bond acceptors (Lipinski definition) is 6. The lowest BCUT2D eigenvalue weighted by Gasteiger charge is -2.04. The molecule has 0 unspecified atom stereocenters. The Hall–Kier alpha value is -1.63. The highest BCUT2D eigenvalue weighted by Gasteiger charge is 2.08. The van der Waals surface area contributed by atoms with Crippen molar-refractivity contribution >= 4 is 17.7 Å². The van der Waals surface area contributed by atoms with Gasteiger partial charge in [0.1, 0.15) is 10.9 Å². The molecule has 0 fully saturated rings. The highest BCUT2D eigenvalue weighted by atomic mass is 32.2. The summed E-state index contributed by atoms with van der Waals surface area (Å²) in [5, 5.41) is 13.0. The van der Waals surface area contributed by atoms with Crippen molar-refractivity contribution < 1.29 is 0 Å². The molecule has 0 spiro atoms. The molecular formula is C11H16N6S. The fourth-order valence-electron chi connectivity index (χ4n) is 1.29. The van der Waals surface area contributed by atoms with Gasteiger partial charge in [-0.05, 0) is 31.2 Å². The predicted octanol–water partition coefficient (Wildman–Crippen LogP) is 1.89. The smallest absolute Gasteiger partial charge is 0.223 e. The van der Waals surface area contributed by atoms with Crippen molar-refractivity contribution in [2.24, 2.45) is 7.05 Å². The van der Waals surface area contributed by atoms with Crippen molar-refractivity contribution in [2.75, 3.05) is 11.9 Å². The van der Waals surface area contributed by atoms with Crippen LogP contribution in [0.15, 0.2) is 22.4 Å². The summed E-state index contributed by atoms with van der Waals surface area (Å²) in [7, 11) is 1.94. The maximum absolute atomic E-state index is 4.42. The van der Waals surface area contributed by atoms with Gasteiger partial charge in [-0.15, -0.1) is 10.2 Å². The van der Waals surface area contributed by atoms with Gasteiger partial charge in [-0.1, -0.05) is 6.92 Å². The van der Waals surface area contributed by atoms with E-state index in [0.29, 0.717) is 5.95 Å². The average Bonchev–Trinajstić information content (AvgIpc) is 2.69. The maximum atomic E-state index is 4.42. The van der Waals surface area contributed by atoms with Gasteiger partial charge in [0.25, 0.3) is 0 Å². The number of aryl methyl sites for hydroxylation is 1. The minimum atomic E-state index is 0.653. The Kier molecular flexibility index (Phi) is 4.14. The molecule has 0 aliphatic carbocycles. The summed E-state index contributed by atoms with van der Waals surface area (Å²) in [4.78, 5) is 8.58. The van der Waals surface area contributed by atoms with Crippen LogP contribution in [0.5, 0.6) is 0 Å². The molecule has 18 heavy (non-hydrogen) atoms. The van der Waals surface area contributed by atoms with Crippen LogP contribution in [0, 0.1) is 6.92 Å². The predicted molar refractivity (Wildman–Crippen MR) is 70.7 cm³/mol. The highest BCUT2D eigenvalue weighted by Crippen LogP contribution is 2.24. The van der Waals surface area contributed by atoms with Crippen molar-refractivity contribution in [3.8, 4) is 0 Å². The molecule has 0 aromatic carbocycles. The zero-order valence-corrected chi connectivity index (χ0v) is 11.5. The van der Waals surface area contributed by atoms with Crippen molar-refractivity contribution in [1.82, 2.24) is 24.7 Å². The number of rotatable bonds is 5. The highest BCUT2D eigenvalue weighted by molar-refractivity contribution is 7.99. The zero-order chi connectivity index (χ0) is 13.0. The normalized spacial score (nSPS) is 10.6. The fourth-order valence-corrected chi connectivity index (χ4v) is 2.09. The Morgan fingerprint density at radius 2 is 2.22 bits per heavy atom. The van der Waals surface area contributed by atoms with Gasteiger partial charge in [0, 0.05) is 19.8 Å². The second-order valence-electron chi connectivity index (χ2n) is 3.84. The van der Waals surface area contributed by atoms with Gasteiger partial charge < -0.3 is 9.88 Å². The lowest BCUT2D eigenvalue weighted by atomic mass is 10.5. The van der Waals surface area contributed by atoms with Crippen molar-refractivity contribution in [2.45, 2.75) is 30.5 Å². The van der Waals surface area contributed by atoms with Crippen LogP contribution in [0.4, 0.5) is 5.95 Å². The summed E-state index contributed by atoms with van der Waals surface area (Å²) >= 11 is 1.48. The van der Waals surface area contributed by atoms with E-state index in [1.54, 1.807) is 6.20 Å². The van der Waals surface area contributed by atoms with E-state index in [2.05, 4.69) is 32.4 Å². The molecular weight excluding hydrogens is 248 g/mol. The van der Waals surface area contributed by atoms with E-state index < -0.39 is 0 Å². The summed E-state index contributed by atoms with van der Waals surface area (Å²) in [6.45, 7) is 4.90. The topological polar surface area (TPSA) is 68.5 Å². The van der Waals surface area contributed by atoms with Crippen LogP contribution >= 0.6 is 11.8 Å². The van der Waals surface area contributed by atoms with Gasteiger partial charge in [0.2, 0.25) is 5.95 Å². The molecule has 0 radical (unpaired) electrons. The molecule has 0 aliphatic heterocycles. The van der Waals surface area contributed by atoms with Gasteiger partial charge in [-0.2, -0.15) is 0 Å². The minimum absolute atomic E-state index is 0.653. The van der Waals surface area contributed by atoms with Gasteiger partial charge in [-0.3, -0.25) is 0 Å². The van der Waals surface area contributed by atoms with Crippen molar-refractivity contribution in [3.05, 3.63) is 18.1 Å². The second kappa shape index (κ2) is 5.81. The molecule has 2 rings (SSSR count). The molecule has 0 bridgehead atoms. The van der Waals surface area contributed by atoms with Gasteiger partial charge in [0.05, 0.1) is 0 Å². The standard InChI is InChI=1S/C11H16N6S/c1-4-6-12-10-13-7-5-9(14-10)18-11-16-15-8(2)17(11)3/h5,7H,4,6H2,1-3H3,(H,12,13,14). The monoisotopic (exact) mass is 264 g/mol. The fraction of sp³-hybridized carbons (Fsp3) is 0.455. The molecule has 1 N–H and O–H groups in total. The molecule has 0 amide bonds. The van der Waals surface area contributed by atoms with Crippen LogP contribution in [0.3, 0.4) is 0 Å². The van der Waals surface area contributed by atoms with E-state index in [0.717, 1.165) is 29.0 Å². The SMILES string of the molecule is CCCNc1nccc(Sc2nnc(C)n2C)n1. The number of aromatic nitrogens is 5. The Bertz CT molecular complexity index is 524. The summed E-state index contributed by atoms with van der Waals surface area (Å²) in [5.74, 6) is 1.54. The number of anilines is 1. The molecule has 7 heteroatoms. The van der Waals surface area contributed by atoms with E-state index in [9.17, 15) is 0 Å². The van der Waals surface area contributed by atoms with E-state index >= 15 is 0 Å². The van der Waals surface area contributed by atoms with E-state index in [1.165, 1.54) is 11.8 Å². The van der Waals surface area contributed by atoms with Crippen LogP contribution < -0.4 is 5.32 Å². The third kappa shape index (κ3) is 2.98. The summed E-state index contributed by atoms with van der Waals surface area (Å²) < 4.78 is 1.94. The van der Waals surface area contributed by atoms with Crippen molar-refractivity contribution in [3.63, 3.8) is 0 Å². The minimum Gasteiger partial charge on any atom is -0.354 e. The van der Waals surface area contributed by atoms with Crippen LogP contribution in [-0.4, -0.2) is 31.3 Å². The lowest BCUT2D eigenvalue weighted by Crippen LogP contribution is -2.04. The number of nitrogens with one attached hydrogen (secondary N) is 1. The number of hydrogen-bond donors (Lipinski definition) is 1. The Balaban J connectivity index is 2.11. The van der Waals surface area contributed by atoms with Crippen LogP contribution in [0.1, 0.15) is 19.2 Å².